The molecule has 5 N–H and O–H groups in total. The molecule has 0 saturated heterocycles. The van der Waals surface area contributed by atoms with Crippen LogP contribution in [-0.4, -0.2) is 36.5 Å². The van der Waals surface area contributed by atoms with E-state index in [9.17, 15) is 14.4 Å². The highest BCUT2D eigenvalue weighted by Gasteiger charge is 2.21. The molecule has 0 aromatic heterocycles. The fourth-order valence-electron chi connectivity index (χ4n) is 2.67. The van der Waals surface area contributed by atoms with Crippen molar-refractivity contribution in [3.63, 3.8) is 0 Å². The fourth-order valence-corrected chi connectivity index (χ4v) is 2.67. The van der Waals surface area contributed by atoms with Crippen molar-refractivity contribution in [3.05, 3.63) is 65.1 Å². The normalized spacial score (nSPS) is 15.6. The summed E-state index contributed by atoms with van der Waals surface area (Å²) >= 11 is 0. The van der Waals surface area contributed by atoms with E-state index in [0.717, 1.165) is 5.56 Å². The molecule has 0 aliphatic carbocycles. The van der Waals surface area contributed by atoms with Crippen molar-refractivity contribution in [3.8, 4) is 0 Å². The summed E-state index contributed by atoms with van der Waals surface area (Å²) in [4.78, 5) is 35.9. The molecule has 0 fully saturated rings. The van der Waals surface area contributed by atoms with Crippen molar-refractivity contribution in [1.29, 1.82) is 0 Å². The van der Waals surface area contributed by atoms with Crippen LogP contribution >= 0.6 is 0 Å². The first-order chi connectivity index (χ1) is 12.5. The summed E-state index contributed by atoms with van der Waals surface area (Å²) in [5.41, 5.74) is 13.8. The lowest BCUT2D eigenvalue weighted by Gasteiger charge is -2.28. The molecule has 26 heavy (non-hydrogen) atoms. The average molecular weight is 354 g/mol. The van der Waals surface area contributed by atoms with E-state index in [4.69, 9.17) is 11.5 Å². The summed E-state index contributed by atoms with van der Waals surface area (Å²) in [6.45, 7) is 0.473. The van der Waals surface area contributed by atoms with E-state index in [1.165, 1.54) is 6.08 Å². The molecule has 0 bridgehead atoms. The second-order valence-corrected chi connectivity index (χ2v) is 5.83. The summed E-state index contributed by atoms with van der Waals surface area (Å²) in [5, 5.41) is 2.54. The van der Waals surface area contributed by atoms with Gasteiger partial charge in [-0.15, -0.1) is 0 Å². The Kier molecular flexibility index (Phi) is 6.73. The predicted molar refractivity (Wildman–Crippen MR) is 99.0 cm³/mol. The van der Waals surface area contributed by atoms with Gasteiger partial charge < -0.3 is 21.7 Å². The molecule has 0 saturated carbocycles. The molecule has 0 radical (unpaired) electrons. The molecule has 1 amide bonds. The molecular formula is C19H22N4O3. The lowest BCUT2D eigenvalue weighted by molar-refractivity contribution is -0.121. The molecule has 1 heterocycles. The first-order valence-electron chi connectivity index (χ1n) is 8.21. The maximum Gasteiger partial charge on any atom is 0.244 e. The van der Waals surface area contributed by atoms with Gasteiger partial charge in [-0.1, -0.05) is 30.3 Å². The number of hydrogen-bond acceptors (Lipinski definition) is 6. The third-order valence-electron chi connectivity index (χ3n) is 3.97. The van der Waals surface area contributed by atoms with Gasteiger partial charge in [0.05, 0.1) is 12.2 Å². The standard InChI is InChI=1S/C19H22N4O3/c20-16(14-5-2-1-3-6-14)8-9-18(21)22-19(26)11-23-10-4-7-15(12-24)17(23)13-25/h1-3,5-6,8-9,12-13H,4,7,10-11,20-21H2,(H,22,26)/b16-8-,18-9+. The van der Waals surface area contributed by atoms with Gasteiger partial charge in [-0.2, -0.15) is 0 Å². The maximum absolute atomic E-state index is 12.1. The van der Waals surface area contributed by atoms with Crippen LogP contribution in [0.2, 0.25) is 0 Å². The minimum Gasteiger partial charge on any atom is -0.398 e. The lowest BCUT2D eigenvalue weighted by atomic mass is 10.0. The van der Waals surface area contributed by atoms with Crippen LogP contribution in [0.5, 0.6) is 0 Å². The molecule has 7 nitrogen and oxygen atoms in total. The smallest absolute Gasteiger partial charge is 0.244 e. The monoisotopic (exact) mass is 354 g/mol. The number of nitrogens with one attached hydrogen (secondary N) is 1. The molecule has 1 aromatic carbocycles. The van der Waals surface area contributed by atoms with Crippen LogP contribution in [0.25, 0.3) is 5.70 Å². The Morgan fingerprint density at radius 2 is 1.85 bits per heavy atom. The number of carbonyl (C=O) groups excluding carboxylic acids is 3. The molecule has 1 aliphatic heterocycles. The second kappa shape index (κ2) is 9.22. The van der Waals surface area contributed by atoms with Gasteiger partial charge in [-0.05, 0) is 30.6 Å². The van der Waals surface area contributed by atoms with Crippen molar-refractivity contribution in [1.82, 2.24) is 10.2 Å². The van der Waals surface area contributed by atoms with Crippen LogP contribution in [0.4, 0.5) is 0 Å². The van der Waals surface area contributed by atoms with Crippen molar-refractivity contribution in [2.24, 2.45) is 11.5 Å². The Bertz CT molecular complexity index is 766. The SMILES string of the molecule is N/C(=C\C=C(/N)NC(=O)CN1CCCC(C=O)=C1C=O)c1ccccc1. The van der Waals surface area contributed by atoms with E-state index in [2.05, 4.69) is 5.32 Å². The zero-order chi connectivity index (χ0) is 18.9. The summed E-state index contributed by atoms with van der Waals surface area (Å²) in [7, 11) is 0. The zero-order valence-electron chi connectivity index (χ0n) is 14.4. The van der Waals surface area contributed by atoms with Crippen molar-refractivity contribution >= 4 is 24.2 Å². The maximum atomic E-state index is 12.1. The Morgan fingerprint density at radius 3 is 2.50 bits per heavy atom. The predicted octanol–water partition coefficient (Wildman–Crippen LogP) is 0.650. The van der Waals surface area contributed by atoms with E-state index in [1.807, 2.05) is 30.3 Å². The molecule has 0 unspecified atom stereocenters. The van der Waals surface area contributed by atoms with Gasteiger partial charge in [0.1, 0.15) is 12.1 Å². The highest BCUT2D eigenvalue weighted by molar-refractivity contribution is 5.88. The molecule has 0 atom stereocenters. The number of carbonyl (C=O) groups is 3. The molecule has 2 rings (SSSR count). The number of nitrogens with zero attached hydrogens (tertiary/aromatic N) is 1. The fraction of sp³-hybridized carbons (Fsp3) is 0.211. The molecule has 0 spiro atoms. The first kappa shape index (κ1) is 19.0. The molecule has 1 aromatic rings. The number of allylic oxidation sites excluding steroid dienone is 4. The largest absolute Gasteiger partial charge is 0.398 e. The van der Waals surface area contributed by atoms with Gasteiger partial charge in [0, 0.05) is 17.8 Å². The summed E-state index contributed by atoms with van der Waals surface area (Å²) in [6, 6.07) is 9.36. The topological polar surface area (TPSA) is 119 Å². The number of nitrogens with two attached hydrogens (primary N) is 2. The van der Waals surface area contributed by atoms with Gasteiger partial charge in [0.2, 0.25) is 5.91 Å². The second-order valence-electron chi connectivity index (χ2n) is 5.83. The van der Waals surface area contributed by atoms with E-state index in [-0.39, 0.29) is 24.0 Å². The third-order valence-corrected chi connectivity index (χ3v) is 3.97. The van der Waals surface area contributed by atoms with Gasteiger partial charge in [0.25, 0.3) is 0 Å². The molecule has 7 heteroatoms. The summed E-state index contributed by atoms with van der Waals surface area (Å²) < 4.78 is 0. The first-order valence-corrected chi connectivity index (χ1v) is 8.21. The third kappa shape index (κ3) is 5.07. The summed E-state index contributed by atoms with van der Waals surface area (Å²) in [6.07, 6.45) is 5.64. The molecule has 1 aliphatic rings. The van der Waals surface area contributed by atoms with Crippen LogP contribution in [-0.2, 0) is 14.4 Å². The highest BCUT2D eigenvalue weighted by atomic mass is 16.2. The van der Waals surface area contributed by atoms with E-state index < -0.39 is 0 Å². The zero-order valence-corrected chi connectivity index (χ0v) is 14.4. The van der Waals surface area contributed by atoms with Gasteiger partial charge >= 0.3 is 0 Å². The van der Waals surface area contributed by atoms with E-state index in [0.29, 0.717) is 43.2 Å². The van der Waals surface area contributed by atoms with Crippen LogP contribution in [0, 0.1) is 0 Å². The van der Waals surface area contributed by atoms with Crippen LogP contribution in [0.15, 0.2) is 59.6 Å². The van der Waals surface area contributed by atoms with Crippen molar-refractivity contribution in [2.45, 2.75) is 12.8 Å². The Labute approximate surface area is 152 Å². The minimum absolute atomic E-state index is 0.0577. The minimum atomic E-state index is -0.378. The lowest BCUT2D eigenvalue weighted by Crippen LogP contribution is -2.40. The number of amides is 1. The van der Waals surface area contributed by atoms with Gasteiger partial charge in [-0.25, -0.2) is 0 Å². The number of hydrogen-bond donors (Lipinski definition) is 3. The number of aldehydes is 2. The summed E-state index contributed by atoms with van der Waals surface area (Å²) in [5.74, 6) is -0.241. The number of rotatable bonds is 7. The highest BCUT2D eigenvalue weighted by Crippen LogP contribution is 2.18. The van der Waals surface area contributed by atoms with Crippen LogP contribution in [0.3, 0.4) is 0 Å². The van der Waals surface area contributed by atoms with E-state index in [1.54, 1.807) is 11.0 Å². The molecule has 136 valence electrons. The van der Waals surface area contributed by atoms with Crippen LogP contribution < -0.4 is 16.8 Å². The van der Waals surface area contributed by atoms with Crippen molar-refractivity contribution < 1.29 is 14.4 Å². The van der Waals surface area contributed by atoms with Crippen LogP contribution in [0.1, 0.15) is 18.4 Å². The Balaban J connectivity index is 1.98. The van der Waals surface area contributed by atoms with Gasteiger partial charge in [0.15, 0.2) is 6.29 Å². The molecular weight excluding hydrogens is 332 g/mol. The average Bonchev–Trinajstić information content (AvgIpc) is 2.66. The Hall–Kier alpha value is -3.35. The van der Waals surface area contributed by atoms with E-state index >= 15 is 0 Å². The number of benzene rings is 1. The van der Waals surface area contributed by atoms with Gasteiger partial charge in [-0.3, -0.25) is 14.4 Å². The Morgan fingerprint density at radius 1 is 1.12 bits per heavy atom. The quantitative estimate of drug-likeness (QED) is 0.489. The van der Waals surface area contributed by atoms with Crippen molar-refractivity contribution in [2.75, 3.05) is 13.1 Å².